The number of benzene rings is 1. The third-order valence-corrected chi connectivity index (χ3v) is 2.93. The molecule has 1 N–H and O–H groups in total. The third kappa shape index (κ3) is 3.84. The van der Waals surface area contributed by atoms with E-state index in [4.69, 9.17) is 4.52 Å². The van der Waals surface area contributed by atoms with Gasteiger partial charge in [-0.3, -0.25) is 0 Å². The van der Waals surface area contributed by atoms with Gasteiger partial charge in [-0.05, 0) is 32.0 Å². The fourth-order valence-corrected chi connectivity index (χ4v) is 1.95. The zero-order valence-corrected chi connectivity index (χ0v) is 11.5. The molecule has 0 fully saturated rings. The molecule has 1 heterocycles. The van der Waals surface area contributed by atoms with E-state index in [0.717, 1.165) is 19.0 Å². The van der Waals surface area contributed by atoms with Gasteiger partial charge in [-0.25, -0.2) is 8.78 Å². The summed E-state index contributed by atoms with van der Waals surface area (Å²) >= 11 is 0. The van der Waals surface area contributed by atoms with Crippen molar-refractivity contribution in [1.29, 1.82) is 0 Å². The standard InChI is InChI=1S/C14H17F2N3O/c1-3-17-9(2)4-5-13-18-14(19-20-13)10-6-11(15)8-12(16)7-10/h6-9,17H,3-5H2,1-2H3. The number of aryl methyl sites for hydroxylation is 1. The van der Waals surface area contributed by atoms with E-state index in [1.807, 2.05) is 6.92 Å². The highest BCUT2D eigenvalue weighted by Gasteiger charge is 2.12. The van der Waals surface area contributed by atoms with Crippen LogP contribution < -0.4 is 5.32 Å². The Morgan fingerprint density at radius 3 is 2.60 bits per heavy atom. The van der Waals surface area contributed by atoms with Gasteiger partial charge in [0.05, 0.1) is 0 Å². The van der Waals surface area contributed by atoms with Crippen LogP contribution in [0, 0.1) is 11.6 Å². The summed E-state index contributed by atoms with van der Waals surface area (Å²) in [4.78, 5) is 4.16. The van der Waals surface area contributed by atoms with E-state index in [2.05, 4.69) is 22.4 Å². The highest BCUT2D eigenvalue weighted by molar-refractivity contribution is 5.54. The van der Waals surface area contributed by atoms with Crippen LogP contribution in [0.2, 0.25) is 0 Å². The van der Waals surface area contributed by atoms with Gasteiger partial charge in [0.25, 0.3) is 0 Å². The first-order valence-electron chi connectivity index (χ1n) is 6.61. The van der Waals surface area contributed by atoms with Crippen molar-refractivity contribution < 1.29 is 13.3 Å². The molecule has 6 heteroatoms. The lowest BCUT2D eigenvalue weighted by Gasteiger charge is -2.09. The van der Waals surface area contributed by atoms with Crippen molar-refractivity contribution in [3.05, 3.63) is 35.7 Å². The zero-order valence-electron chi connectivity index (χ0n) is 11.5. The van der Waals surface area contributed by atoms with Gasteiger partial charge >= 0.3 is 0 Å². The third-order valence-electron chi connectivity index (χ3n) is 2.93. The molecule has 0 aliphatic carbocycles. The summed E-state index contributed by atoms with van der Waals surface area (Å²) in [6, 6.07) is 3.52. The average molecular weight is 281 g/mol. The van der Waals surface area contributed by atoms with Gasteiger partial charge in [0, 0.05) is 24.1 Å². The molecule has 4 nitrogen and oxygen atoms in total. The van der Waals surface area contributed by atoms with Crippen molar-refractivity contribution in [3.8, 4) is 11.4 Å². The van der Waals surface area contributed by atoms with Gasteiger partial charge < -0.3 is 9.84 Å². The summed E-state index contributed by atoms with van der Waals surface area (Å²) in [5.74, 6) is -0.650. The Morgan fingerprint density at radius 1 is 1.25 bits per heavy atom. The summed E-state index contributed by atoms with van der Waals surface area (Å²) in [7, 11) is 0. The number of nitrogens with zero attached hydrogens (tertiary/aromatic N) is 2. The predicted molar refractivity (Wildman–Crippen MR) is 71.1 cm³/mol. The number of halogens is 2. The Hall–Kier alpha value is -1.82. The molecule has 1 unspecified atom stereocenters. The lowest BCUT2D eigenvalue weighted by Crippen LogP contribution is -2.25. The van der Waals surface area contributed by atoms with Gasteiger partial charge in [0.2, 0.25) is 11.7 Å². The van der Waals surface area contributed by atoms with Crippen molar-refractivity contribution in [3.63, 3.8) is 0 Å². The number of nitrogens with one attached hydrogen (secondary N) is 1. The van der Waals surface area contributed by atoms with Crippen LogP contribution in [0.5, 0.6) is 0 Å². The number of hydrogen-bond donors (Lipinski definition) is 1. The van der Waals surface area contributed by atoms with Gasteiger partial charge in [0.1, 0.15) is 11.6 Å². The lowest BCUT2D eigenvalue weighted by atomic mass is 10.2. The molecular formula is C14H17F2N3O. The molecule has 0 radical (unpaired) electrons. The van der Waals surface area contributed by atoms with Crippen molar-refractivity contribution in [2.75, 3.05) is 6.54 Å². The van der Waals surface area contributed by atoms with Gasteiger partial charge in [-0.1, -0.05) is 12.1 Å². The lowest BCUT2D eigenvalue weighted by molar-refractivity contribution is 0.368. The number of aromatic nitrogens is 2. The highest BCUT2D eigenvalue weighted by atomic mass is 19.1. The highest BCUT2D eigenvalue weighted by Crippen LogP contribution is 2.19. The summed E-state index contributed by atoms with van der Waals surface area (Å²) < 4.78 is 31.3. The molecule has 0 amide bonds. The molecule has 1 aromatic carbocycles. The normalized spacial score (nSPS) is 12.6. The van der Waals surface area contributed by atoms with E-state index in [1.165, 1.54) is 12.1 Å². The van der Waals surface area contributed by atoms with Crippen LogP contribution in [0.1, 0.15) is 26.2 Å². The Morgan fingerprint density at radius 2 is 1.95 bits per heavy atom. The molecule has 2 aromatic rings. The van der Waals surface area contributed by atoms with Crippen molar-refractivity contribution in [2.24, 2.45) is 0 Å². The second-order valence-electron chi connectivity index (χ2n) is 4.67. The maximum Gasteiger partial charge on any atom is 0.227 e. The van der Waals surface area contributed by atoms with Crippen LogP contribution in [-0.2, 0) is 6.42 Å². The van der Waals surface area contributed by atoms with Crippen LogP contribution in [0.15, 0.2) is 22.7 Å². The summed E-state index contributed by atoms with van der Waals surface area (Å²) in [6.45, 7) is 5.02. The molecule has 0 aliphatic rings. The van der Waals surface area contributed by atoms with Crippen molar-refractivity contribution in [1.82, 2.24) is 15.5 Å². The molecule has 1 aromatic heterocycles. The van der Waals surface area contributed by atoms with Crippen LogP contribution in [0.4, 0.5) is 8.78 Å². The average Bonchev–Trinajstić information content (AvgIpc) is 2.84. The minimum absolute atomic E-state index is 0.203. The topological polar surface area (TPSA) is 51.0 Å². The molecule has 2 rings (SSSR count). The molecule has 0 aliphatic heterocycles. The second kappa shape index (κ2) is 6.56. The van der Waals surface area contributed by atoms with E-state index >= 15 is 0 Å². The quantitative estimate of drug-likeness (QED) is 0.884. The first-order valence-corrected chi connectivity index (χ1v) is 6.61. The Labute approximate surface area is 116 Å². The second-order valence-corrected chi connectivity index (χ2v) is 4.67. The molecule has 0 spiro atoms. The number of rotatable bonds is 6. The van der Waals surface area contributed by atoms with Crippen LogP contribution in [-0.4, -0.2) is 22.7 Å². The zero-order chi connectivity index (χ0) is 14.5. The van der Waals surface area contributed by atoms with E-state index in [0.29, 0.717) is 18.4 Å². The molecule has 0 saturated carbocycles. The van der Waals surface area contributed by atoms with Crippen molar-refractivity contribution in [2.45, 2.75) is 32.7 Å². The molecule has 20 heavy (non-hydrogen) atoms. The van der Waals surface area contributed by atoms with Crippen LogP contribution >= 0.6 is 0 Å². The van der Waals surface area contributed by atoms with E-state index in [-0.39, 0.29) is 11.4 Å². The Bertz CT molecular complexity index is 551. The summed E-state index contributed by atoms with van der Waals surface area (Å²) in [5.41, 5.74) is 0.275. The fourth-order valence-electron chi connectivity index (χ4n) is 1.95. The largest absolute Gasteiger partial charge is 0.339 e. The minimum Gasteiger partial charge on any atom is -0.339 e. The minimum atomic E-state index is -0.660. The molecule has 108 valence electrons. The summed E-state index contributed by atoms with van der Waals surface area (Å²) in [6.07, 6.45) is 1.48. The SMILES string of the molecule is CCNC(C)CCc1nc(-c2cc(F)cc(F)c2)no1. The Kier molecular flexibility index (Phi) is 4.79. The van der Waals surface area contributed by atoms with E-state index in [1.54, 1.807) is 0 Å². The molecule has 0 saturated heterocycles. The van der Waals surface area contributed by atoms with E-state index < -0.39 is 11.6 Å². The molecule has 0 bridgehead atoms. The first-order chi connectivity index (χ1) is 9.58. The van der Waals surface area contributed by atoms with E-state index in [9.17, 15) is 8.78 Å². The van der Waals surface area contributed by atoms with Gasteiger partial charge in [-0.2, -0.15) is 4.98 Å². The fraction of sp³-hybridized carbons (Fsp3) is 0.429. The van der Waals surface area contributed by atoms with Gasteiger partial charge in [0.15, 0.2) is 0 Å². The summed E-state index contributed by atoms with van der Waals surface area (Å²) in [5, 5.41) is 7.03. The van der Waals surface area contributed by atoms with Crippen LogP contribution in [0.25, 0.3) is 11.4 Å². The maximum atomic E-state index is 13.1. The monoisotopic (exact) mass is 281 g/mol. The van der Waals surface area contributed by atoms with Crippen LogP contribution in [0.3, 0.4) is 0 Å². The Balaban J connectivity index is 2.05. The predicted octanol–water partition coefficient (Wildman–Crippen LogP) is 2.95. The number of hydrogen-bond acceptors (Lipinski definition) is 4. The smallest absolute Gasteiger partial charge is 0.227 e. The van der Waals surface area contributed by atoms with Crippen molar-refractivity contribution >= 4 is 0 Å². The maximum absolute atomic E-state index is 13.1. The first kappa shape index (κ1) is 14.6. The van der Waals surface area contributed by atoms with Gasteiger partial charge in [-0.15, -0.1) is 0 Å². The molecular weight excluding hydrogens is 264 g/mol. The molecule has 1 atom stereocenters.